The van der Waals surface area contributed by atoms with Crippen molar-refractivity contribution in [3.05, 3.63) is 35.1 Å². The van der Waals surface area contributed by atoms with Crippen molar-refractivity contribution < 1.29 is 9.18 Å². The summed E-state index contributed by atoms with van der Waals surface area (Å²) in [5.41, 5.74) is 5.78. The highest BCUT2D eigenvalue weighted by molar-refractivity contribution is 5.92. The van der Waals surface area contributed by atoms with Crippen molar-refractivity contribution in [2.75, 3.05) is 0 Å². The molecule has 0 saturated carbocycles. The summed E-state index contributed by atoms with van der Waals surface area (Å²) in [6, 6.07) is 4.58. The van der Waals surface area contributed by atoms with Gasteiger partial charge in [-0.15, -0.1) is 0 Å². The van der Waals surface area contributed by atoms with Crippen LogP contribution >= 0.6 is 0 Å². The highest BCUT2D eigenvalue weighted by Crippen LogP contribution is 2.07. The molecule has 3 heteroatoms. The van der Waals surface area contributed by atoms with Crippen molar-refractivity contribution in [1.82, 2.24) is 0 Å². The Kier molecular flexibility index (Phi) is 2.65. The van der Waals surface area contributed by atoms with E-state index >= 15 is 0 Å². The van der Waals surface area contributed by atoms with Gasteiger partial charge in [0.25, 0.3) is 5.91 Å². The monoisotopic (exact) mass is 177 g/mol. The molecule has 0 heterocycles. The van der Waals surface area contributed by atoms with Crippen molar-refractivity contribution in [2.45, 2.75) is 6.92 Å². The molecule has 1 amide bonds. The van der Waals surface area contributed by atoms with Crippen LogP contribution in [0.25, 0.3) is 0 Å². The Bertz CT molecular complexity index is 401. The van der Waals surface area contributed by atoms with Gasteiger partial charge in [0.2, 0.25) is 0 Å². The number of carbonyl (C=O) groups excluding carboxylic acids is 1. The van der Waals surface area contributed by atoms with Crippen LogP contribution in [0.4, 0.5) is 4.39 Å². The Balaban J connectivity index is 3.05. The van der Waals surface area contributed by atoms with E-state index < -0.39 is 11.7 Å². The highest BCUT2D eigenvalue weighted by atomic mass is 19.1. The summed E-state index contributed by atoms with van der Waals surface area (Å²) >= 11 is 0. The predicted octanol–water partition coefficient (Wildman–Crippen LogP) is 0.971. The second-order valence-electron chi connectivity index (χ2n) is 2.60. The molecule has 0 aromatic heterocycles. The second kappa shape index (κ2) is 3.72. The SMILES string of the molecule is Cc1ccc(C#CC(N)=O)c(F)c1. The molecular formula is C10H8FNO. The van der Waals surface area contributed by atoms with Crippen molar-refractivity contribution in [3.63, 3.8) is 0 Å². The van der Waals surface area contributed by atoms with E-state index in [9.17, 15) is 9.18 Å². The summed E-state index contributed by atoms with van der Waals surface area (Å²) in [4.78, 5) is 10.3. The number of aryl methyl sites for hydroxylation is 1. The maximum Gasteiger partial charge on any atom is 0.293 e. The topological polar surface area (TPSA) is 43.1 Å². The van der Waals surface area contributed by atoms with Crippen LogP contribution in [0, 0.1) is 24.6 Å². The quantitative estimate of drug-likeness (QED) is 0.589. The first-order chi connectivity index (χ1) is 6.09. The lowest BCUT2D eigenvalue weighted by Crippen LogP contribution is -2.06. The molecule has 1 aromatic carbocycles. The molecule has 1 aromatic rings. The van der Waals surface area contributed by atoms with Crippen LogP contribution in [0.2, 0.25) is 0 Å². The molecule has 13 heavy (non-hydrogen) atoms. The maximum atomic E-state index is 13.0. The summed E-state index contributed by atoms with van der Waals surface area (Å²) < 4.78 is 13.0. The van der Waals surface area contributed by atoms with Crippen molar-refractivity contribution in [3.8, 4) is 11.8 Å². The minimum absolute atomic E-state index is 0.185. The average molecular weight is 177 g/mol. The van der Waals surface area contributed by atoms with Crippen LogP contribution in [-0.4, -0.2) is 5.91 Å². The minimum atomic E-state index is -0.764. The fraction of sp³-hybridized carbons (Fsp3) is 0.100. The highest BCUT2D eigenvalue weighted by Gasteiger charge is 1.97. The summed E-state index contributed by atoms with van der Waals surface area (Å²) in [5.74, 6) is 3.21. The first kappa shape index (κ1) is 9.27. The third kappa shape index (κ3) is 2.60. The zero-order valence-electron chi connectivity index (χ0n) is 7.10. The lowest BCUT2D eigenvalue weighted by atomic mass is 10.1. The first-order valence-electron chi connectivity index (χ1n) is 3.67. The lowest BCUT2D eigenvalue weighted by Gasteiger charge is -1.94. The summed E-state index contributed by atoms with van der Waals surface area (Å²) in [6.07, 6.45) is 0. The zero-order valence-corrected chi connectivity index (χ0v) is 7.10. The van der Waals surface area contributed by atoms with Gasteiger partial charge in [-0.05, 0) is 24.6 Å². The normalized spacial score (nSPS) is 8.77. The van der Waals surface area contributed by atoms with Crippen molar-refractivity contribution in [2.24, 2.45) is 5.73 Å². The molecule has 0 bridgehead atoms. The molecule has 66 valence electrons. The van der Waals surface area contributed by atoms with E-state index in [1.54, 1.807) is 13.0 Å². The Morgan fingerprint density at radius 2 is 2.23 bits per heavy atom. The number of amides is 1. The molecule has 0 saturated heterocycles. The van der Waals surface area contributed by atoms with Gasteiger partial charge < -0.3 is 5.73 Å². The Hall–Kier alpha value is -1.82. The lowest BCUT2D eigenvalue weighted by molar-refractivity contribution is -0.112. The van der Waals surface area contributed by atoms with Gasteiger partial charge in [0, 0.05) is 5.92 Å². The van der Waals surface area contributed by atoms with E-state index in [0.29, 0.717) is 0 Å². The minimum Gasteiger partial charge on any atom is -0.359 e. The third-order valence-corrected chi connectivity index (χ3v) is 1.44. The predicted molar refractivity (Wildman–Crippen MR) is 47.2 cm³/mol. The largest absolute Gasteiger partial charge is 0.359 e. The van der Waals surface area contributed by atoms with Crippen molar-refractivity contribution in [1.29, 1.82) is 0 Å². The molecule has 0 atom stereocenters. The molecule has 2 nitrogen and oxygen atoms in total. The maximum absolute atomic E-state index is 13.0. The van der Waals surface area contributed by atoms with E-state index in [2.05, 4.69) is 11.8 Å². The molecule has 0 aliphatic carbocycles. The summed E-state index contributed by atoms with van der Waals surface area (Å²) in [5, 5.41) is 0. The number of benzene rings is 1. The van der Waals surface area contributed by atoms with E-state index in [1.165, 1.54) is 12.1 Å². The van der Waals surface area contributed by atoms with Gasteiger partial charge in [-0.1, -0.05) is 12.0 Å². The van der Waals surface area contributed by atoms with Crippen LogP contribution in [0.15, 0.2) is 18.2 Å². The van der Waals surface area contributed by atoms with Gasteiger partial charge in [0.05, 0.1) is 5.56 Å². The molecule has 0 spiro atoms. The van der Waals surface area contributed by atoms with Gasteiger partial charge in [-0.2, -0.15) is 0 Å². The number of hydrogen-bond acceptors (Lipinski definition) is 1. The zero-order chi connectivity index (χ0) is 9.84. The number of rotatable bonds is 0. The van der Waals surface area contributed by atoms with Crippen LogP contribution in [-0.2, 0) is 4.79 Å². The molecule has 0 aliphatic rings. The van der Waals surface area contributed by atoms with Crippen LogP contribution in [0.3, 0.4) is 0 Å². The number of nitrogens with two attached hydrogens (primary N) is 1. The number of primary amides is 1. The van der Waals surface area contributed by atoms with Gasteiger partial charge in [0.15, 0.2) is 0 Å². The summed E-state index contributed by atoms with van der Waals surface area (Å²) in [7, 11) is 0. The Morgan fingerprint density at radius 3 is 2.77 bits per heavy atom. The fourth-order valence-corrected chi connectivity index (χ4v) is 0.850. The number of hydrogen-bond donors (Lipinski definition) is 1. The van der Waals surface area contributed by atoms with Gasteiger partial charge >= 0.3 is 0 Å². The third-order valence-electron chi connectivity index (χ3n) is 1.44. The Labute approximate surface area is 75.6 Å². The number of halogens is 1. The van der Waals surface area contributed by atoms with E-state index in [4.69, 9.17) is 5.73 Å². The molecule has 0 unspecified atom stereocenters. The van der Waals surface area contributed by atoms with E-state index in [1.807, 2.05) is 0 Å². The van der Waals surface area contributed by atoms with Gasteiger partial charge in [-0.3, -0.25) is 4.79 Å². The molecule has 1 rings (SSSR count). The van der Waals surface area contributed by atoms with Crippen LogP contribution in [0.1, 0.15) is 11.1 Å². The van der Waals surface area contributed by atoms with Crippen LogP contribution in [0.5, 0.6) is 0 Å². The first-order valence-corrected chi connectivity index (χ1v) is 3.67. The van der Waals surface area contributed by atoms with Gasteiger partial charge in [0.1, 0.15) is 5.82 Å². The average Bonchev–Trinajstić information content (AvgIpc) is 2.02. The fourth-order valence-electron chi connectivity index (χ4n) is 0.850. The molecule has 0 aliphatic heterocycles. The molecule has 2 N–H and O–H groups in total. The summed E-state index contributed by atoms with van der Waals surface area (Å²) in [6.45, 7) is 1.77. The molecule has 0 radical (unpaired) electrons. The molecular weight excluding hydrogens is 169 g/mol. The Morgan fingerprint density at radius 1 is 1.54 bits per heavy atom. The number of carbonyl (C=O) groups is 1. The van der Waals surface area contributed by atoms with Gasteiger partial charge in [-0.25, -0.2) is 4.39 Å². The molecule has 0 fully saturated rings. The second-order valence-corrected chi connectivity index (χ2v) is 2.60. The smallest absolute Gasteiger partial charge is 0.293 e. The van der Waals surface area contributed by atoms with Crippen LogP contribution < -0.4 is 5.73 Å². The standard InChI is InChI=1S/C10H8FNO/c1-7-2-3-8(9(11)6-7)4-5-10(12)13/h2-3,6H,1H3,(H2,12,13). The van der Waals surface area contributed by atoms with Crippen molar-refractivity contribution >= 4 is 5.91 Å². The van der Waals surface area contributed by atoms with E-state index in [0.717, 1.165) is 5.56 Å². The van der Waals surface area contributed by atoms with E-state index in [-0.39, 0.29) is 5.56 Å².